The Bertz CT molecular complexity index is 551. The second-order valence-corrected chi connectivity index (χ2v) is 4.18. The van der Waals surface area contributed by atoms with E-state index in [-0.39, 0.29) is 16.1 Å². The van der Waals surface area contributed by atoms with Gasteiger partial charge < -0.3 is 5.73 Å². The van der Waals surface area contributed by atoms with E-state index in [1.807, 2.05) is 0 Å². The molecule has 0 bridgehead atoms. The molecule has 0 unspecified atom stereocenters. The molecule has 0 fully saturated rings. The standard InChI is InChI=1S/C10H8BrF2N3/c1-5-4-16(10(14)15-5)9-3-7(12)6(11)2-8(9)13/h2-4H,1H3,(H2,14,15). The zero-order valence-electron chi connectivity index (χ0n) is 8.34. The van der Waals surface area contributed by atoms with Crippen LogP contribution in [0.2, 0.25) is 0 Å². The van der Waals surface area contributed by atoms with Crippen molar-refractivity contribution in [2.75, 3.05) is 5.73 Å². The molecule has 2 N–H and O–H groups in total. The number of nitrogen functional groups attached to an aromatic ring is 1. The molecule has 0 spiro atoms. The molecule has 1 heterocycles. The highest BCUT2D eigenvalue weighted by molar-refractivity contribution is 9.10. The van der Waals surface area contributed by atoms with Crippen molar-refractivity contribution in [2.45, 2.75) is 6.92 Å². The zero-order valence-corrected chi connectivity index (χ0v) is 9.92. The molecule has 0 amide bonds. The summed E-state index contributed by atoms with van der Waals surface area (Å²) in [6.07, 6.45) is 1.54. The number of aryl methyl sites for hydroxylation is 1. The summed E-state index contributed by atoms with van der Waals surface area (Å²) in [5.41, 5.74) is 6.26. The van der Waals surface area contributed by atoms with Crippen molar-refractivity contribution in [3.63, 3.8) is 0 Å². The minimum Gasteiger partial charge on any atom is -0.369 e. The van der Waals surface area contributed by atoms with Crippen LogP contribution in [0, 0.1) is 18.6 Å². The molecule has 0 atom stereocenters. The first-order valence-corrected chi connectivity index (χ1v) is 5.24. The number of anilines is 1. The molecule has 2 aromatic rings. The Labute approximate surface area is 99.0 Å². The lowest BCUT2D eigenvalue weighted by atomic mass is 10.3. The fraction of sp³-hybridized carbons (Fsp3) is 0.100. The third-order valence-corrected chi connectivity index (χ3v) is 2.71. The molecule has 3 nitrogen and oxygen atoms in total. The number of rotatable bonds is 1. The van der Waals surface area contributed by atoms with Crippen LogP contribution < -0.4 is 5.73 Å². The lowest BCUT2D eigenvalue weighted by Gasteiger charge is -2.06. The van der Waals surface area contributed by atoms with Gasteiger partial charge in [0.25, 0.3) is 0 Å². The Hall–Kier alpha value is -1.43. The minimum atomic E-state index is -0.572. The summed E-state index contributed by atoms with van der Waals surface area (Å²) in [5, 5.41) is 0. The van der Waals surface area contributed by atoms with Crippen LogP contribution in [0.1, 0.15) is 5.69 Å². The maximum Gasteiger partial charge on any atom is 0.205 e. The van der Waals surface area contributed by atoms with Crippen molar-refractivity contribution in [2.24, 2.45) is 0 Å². The molecular weight excluding hydrogens is 280 g/mol. The largest absolute Gasteiger partial charge is 0.369 e. The predicted molar refractivity (Wildman–Crippen MR) is 60.3 cm³/mol. The van der Waals surface area contributed by atoms with Gasteiger partial charge in [-0.25, -0.2) is 13.8 Å². The van der Waals surface area contributed by atoms with Crippen molar-refractivity contribution < 1.29 is 8.78 Å². The fourth-order valence-corrected chi connectivity index (χ4v) is 1.72. The number of hydrogen-bond acceptors (Lipinski definition) is 2. The monoisotopic (exact) mass is 287 g/mol. The van der Waals surface area contributed by atoms with Crippen LogP contribution in [0.5, 0.6) is 0 Å². The number of halogens is 3. The van der Waals surface area contributed by atoms with Crippen LogP contribution in [-0.2, 0) is 0 Å². The maximum absolute atomic E-state index is 13.6. The SMILES string of the molecule is Cc1cn(-c2cc(F)c(Br)cc2F)c(N)n1. The first-order chi connectivity index (χ1) is 7.49. The molecule has 2 rings (SSSR count). The van der Waals surface area contributed by atoms with Gasteiger partial charge >= 0.3 is 0 Å². The summed E-state index contributed by atoms with van der Waals surface area (Å²) in [6, 6.07) is 2.12. The van der Waals surface area contributed by atoms with E-state index < -0.39 is 11.6 Å². The average molecular weight is 288 g/mol. The number of nitrogens with zero attached hydrogens (tertiary/aromatic N) is 2. The number of imidazole rings is 1. The van der Waals surface area contributed by atoms with E-state index in [9.17, 15) is 8.78 Å². The average Bonchev–Trinajstić information content (AvgIpc) is 2.51. The Kier molecular flexibility index (Phi) is 2.67. The first-order valence-electron chi connectivity index (χ1n) is 4.45. The number of nitrogens with two attached hydrogens (primary N) is 1. The van der Waals surface area contributed by atoms with Crippen molar-refractivity contribution in [3.8, 4) is 5.69 Å². The summed E-state index contributed by atoms with van der Waals surface area (Å²) < 4.78 is 28.3. The van der Waals surface area contributed by atoms with Gasteiger partial charge in [0.15, 0.2) is 0 Å². The third-order valence-electron chi connectivity index (χ3n) is 2.10. The summed E-state index contributed by atoms with van der Waals surface area (Å²) in [6.45, 7) is 1.72. The lowest BCUT2D eigenvalue weighted by Crippen LogP contribution is -2.03. The van der Waals surface area contributed by atoms with Crippen molar-refractivity contribution in [1.29, 1.82) is 0 Å². The van der Waals surface area contributed by atoms with Crippen molar-refractivity contribution in [3.05, 3.63) is 40.1 Å². The smallest absolute Gasteiger partial charge is 0.205 e. The molecule has 84 valence electrons. The molecule has 0 aliphatic rings. The minimum absolute atomic E-state index is 0.0406. The van der Waals surface area contributed by atoms with E-state index in [1.165, 1.54) is 4.57 Å². The lowest BCUT2D eigenvalue weighted by molar-refractivity contribution is 0.588. The highest BCUT2D eigenvalue weighted by Crippen LogP contribution is 2.24. The Morgan fingerprint density at radius 3 is 2.56 bits per heavy atom. The molecule has 0 saturated carbocycles. The third kappa shape index (κ3) is 1.80. The molecule has 0 saturated heterocycles. The highest BCUT2D eigenvalue weighted by atomic mass is 79.9. The van der Waals surface area contributed by atoms with Crippen LogP contribution in [0.4, 0.5) is 14.7 Å². The van der Waals surface area contributed by atoms with Gasteiger partial charge in [0.1, 0.15) is 11.6 Å². The molecule has 16 heavy (non-hydrogen) atoms. The summed E-state index contributed by atoms with van der Waals surface area (Å²) in [4.78, 5) is 3.92. The van der Waals surface area contributed by atoms with Gasteiger partial charge in [-0.05, 0) is 28.9 Å². The van der Waals surface area contributed by atoms with Gasteiger partial charge in [0, 0.05) is 12.3 Å². The molecule has 1 aromatic carbocycles. The topological polar surface area (TPSA) is 43.8 Å². The van der Waals surface area contributed by atoms with E-state index in [2.05, 4.69) is 20.9 Å². The second kappa shape index (κ2) is 3.86. The van der Waals surface area contributed by atoms with E-state index in [1.54, 1.807) is 13.1 Å². The summed E-state index contributed by atoms with van der Waals surface area (Å²) >= 11 is 2.91. The molecule has 6 heteroatoms. The number of hydrogen-bond donors (Lipinski definition) is 1. The van der Waals surface area contributed by atoms with Gasteiger partial charge in [0.05, 0.1) is 15.9 Å². The summed E-state index contributed by atoms with van der Waals surface area (Å²) in [7, 11) is 0. The van der Waals surface area contributed by atoms with Crippen LogP contribution in [0.3, 0.4) is 0 Å². The fourth-order valence-electron chi connectivity index (χ4n) is 1.41. The van der Waals surface area contributed by atoms with Gasteiger partial charge in [-0.3, -0.25) is 4.57 Å². The summed E-state index contributed by atoms with van der Waals surface area (Å²) in [5.74, 6) is -1.00. The van der Waals surface area contributed by atoms with E-state index >= 15 is 0 Å². The van der Waals surface area contributed by atoms with Crippen LogP contribution >= 0.6 is 15.9 Å². The van der Waals surface area contributed by atoms with E-state index in [4.69, 9.17) is 5.73 Å². The highest BCUT2D eigenvalue weighted by Gasteiger charge is 2.12. The molecule has 0 aliphatic heterocycles. The normalized spacial score (nSPS) is 10.8. The zero-order chi connectivity index (χ0) is 11.9. The first kappa shape index (κ1) is 11.1. The van der Waals surface area contributed by atoms with Gasteiger partial charge in [-0.15, -0.1) is 0 Å². The molecule has 1 aromatic heterocycles. The van der Waals surface area contributed by atoms with Gasteiger partial charge in [-0.1, -0.05) is 0 Å². The van der Waals surface area contributed by atoms with Gasteiger partial charge in [-0.2, -0.15) is 0 Å². The Morgan fingerprint density at radius 2 is 2.00 bits per heavy atom. The molecule has 0 radical (unpaired) electrons. The van der Waals surface area contributed by atoms with Crippen LogP contribution in [-0.4, -0.2) is 9.55 Å². The van der Waals surface area contributed by atoms with Crippen molar-refractivity contribution in [1.82, 2.24) is 9.55 Å². The Balaban J connectivity index is 2.64. The maximum atomic E-state index is 13.6. The van der Waals surface area contributed by atoms with Crippen LogP contribution in [0.25, 0.3) is 5.69 Å². The van der Waals surface area contributed by atoms with E-state index in [0.717, 1.165) is 12.1 Å². The Morgan fingerprint density at radius 1 is 1.31 bits per heavy atom. The molecule has 0 aliphatic carbocycles. The molecular formula is C10H8BrF2N3. The number of benzene rings is 1. The van der Waals surface area contributed by atoms with Crippen LogP contribution in [0.15, 0.2) is 22.8 Å². The predicted octanol–water partition coefficient (Wildman–Crippen LogP) is 2.80. The van der Waals surface area contributed by atoms with Crippen molar-refractivity contribution >= 4 is 21.9 Å². The number of aromatic nitrogens is 2. The second-order valence-electron chi connectivity index (χ2n) is 3.33. The quantitative estimate of drug-likeness (QED) is 0.820. The van der Waals surface area contributed by atoms with Gasteiger partial charge in [0.2, 0.25) is 5.95 Å². The van der Waals surface area contributed by atoms with E-state index in [0.29, 0.717) is 5.69 Å².